The number of allylic oxidation sites excluding steroid dienone is 18. The van der Waals surface area contributed by atoms with Crippen molar-refractivity contribution in [3.05, 3.63) is 109 Å². The SMILES string of the molecule is CC/C=C\C/C=C\C/C=C\C/C=C\C/C=C\C/C=C\CCCCCCCCCCCCCCC(=O)OCC(O)COP(=O)(O)OCC(O)COP(=O)(O)OCC(COC(=O)CCCCCCCC/C=C\C/C=C\C/C=C\CCCCC)OC(=O)CCCCCCCCCCCCC. The number of ether oxygens (including phenoxy) is 3. The lowest BCUT2D eigenvalue weighted by Crippen LogP contribution is -2.30. The molecule has 0 aliphatic carbocycles. The molecule has 0 saturated heterocycles. The molecule has 16 nitrogen and oxygen atoms in total. The third-order valence-electron chi connectivity index (χ3n) is 16.0. The summed E-state index contributed by atoms with van der Waals surface area (Å²) < 4.78 is 61.0. The third kappa shape index (κ3) is 73.3. The Morgan fingerprint density at radius 2 is 0.546 bits per heavy atom. The molecule has 560 valence electrons. The molecule has 0 bridgehead atoms. The normalized spacial score (nSPS) is 14.7. The van der Waals surface area contributed by atoms with Gasteiger partial charge in [0.05, 0.1) is 26.4 Å². The van der Waals surface area contributed by atoms with Gasteiger partial charge in [0.15, 0.2) is 6.10 Å². The van der Waals surface area contributed by atoms with Crippen LogP contribution in [0.15, 0.2) is 109 Å². The molecule has 0 aliphatic rings. The van der Waals surface area contributed by atoms with Crippen LogP contribution in [0.4, 0.5) is 0 Å². The lowest BCUT2D eigenvalue weighted by atomic mass is 10.0. The first-order valence-electron chi connectivity index (χ1n) is 38.2. The van der Waals surface area contributed by atoms with Crippen LogP contribution in [0.3, 0.4) is 0 Å². The summed E-state index contributed by atoms with van der Waals surface area (Å²) in [5.74, 6) is -1.58. The first-order chi connectivity index (χ1) is 47.2. The summed E-state index contributed by atoms with van der Waals surface area (Å²) in [6.07, 6.45) is 82.9. The van der Waals surface area contributed by atoms with Gasteiger partial charge < -0.3 is 34.2 Å². The van der Waals surface area contributed by atoms with Gasteiger partial charge in [-0.15, -0.1) is 0 Å². The molecule has 0 aromatic rings. The summed E-state index contributed by atoms with van der Waals surface area (Å²) in [5.41, 5.74) is 0. The van der Waals surface area contributed by atoms with Gasteiger partial charge >= 0.3 is 33.6 Å². The zero-order valence-electron chi connectivity index (χ0n) is 61.0. The number of esters is 3. The van der Waals surface area contributed by atoms with Gasteiger partial charge in [-0.3, -0.25) is 32.5 Å². The van der Waals surface area contributed by atoms with Crippen LogP contribution in [-0.4, -0.2) is 95.9 Å². The van der Waals surface area contributed by atoms with Crippen molar-refractivity contribution in [2.24, 2.45) is 0 Å². The quantitative estimate of drug-likeness (QED) is 0.0146. The van der Waals surface area contributed by atoms with Crippen LogP contribution in [0.2, 0.25) is 0 Å². The van der Waals surface area contributed by atoms with Crippen LogP contribution in [-0.2, 0) is 55.8 Å². The number of aliphatic hydroxyl groups is 2. The molecule has 0 aromatic heterocycles. The van der Waals surface area contributed by atoms with E-state index in [0.717, 1.165) is 148 Å². The molecule has 0 fully saturated rings. The van der Waals surface area contributed by atoms with Gasteiger partial charge in [-0.2, -0.15) is 0 Å². The molecule has 0 radical (unpaired) electrons. The van der Waals surface area contributed by atoms with Crippen molar-refractivity contribution in [2.75, 3.05) is 39.6 Å². The second-order valence-electron chi connectivity index (χ2n) is 25.4. The van der Waals surface area contributed by atoms with E-state index in [1.807, 2.05) is 0 Å². The van der Waals surface area contributed by atoms with E-state index in [1.54, 1.807) is 0 Å². The molecule has 97 heavy (non-hydrogen) atoms. The first kappa shape index (κ1) is 93.2. The predicted molar refractivity (Wildman–Crippen MR) is 399 cm³/mol. The number of phosphoric acid groups is 2. The summed E-state index contributed by atoms with van der Waals surface area (Å²) in [5, 5.41) is 20.6. The van der Waals surface area contributed by atoms with Crippen molar-refractivity contribution in [2.45, 2.75) is 334 Å². The summed E-state index contributed by atoms with van der Waals surface area (Å²) in [6, 6.07) is 0. The molecule has 0 aliphatic heterocycles. The Morgan fingerprint density at radius 1 is 0.299 bits per heavy atom. The average Bonchev–Trinajstić information content (AvgIpc) is 2.81. The van der Waals surface area contributed by atoms with Gasteiger partial charge in [0.2, 0.25) is 0 Å². The van der Waals surface area contributed by atoms with Crippen molar-refractivity contribution in [1.82, 2.24) is 0 Å². The zero-order valence-corrected chi connectivity index (χ0v) is 62.8. The molecular weight excluding hydrogens is 1270 g/mol. The molecule has 4 N–H and O–H groups in total. The van der Waals surface area contributed by atoms with Gasteiger partial charge in [-0.05, 0) is 109 Å². The van der Waals surface area contributed by atoms with Gasteiger partial charge in [0, 0.05) is 19.3 Å². The Morgan fingerprint density at radius 3 is 0.887 bits per heavy atom. The van der Waals surface area contributed by atoms with E-state index >= 15 is 0 Å². The number of phosphoric ester groups is 2. The van der Waals surface area contributed by atoms with Crippen molar-refractivity contribution < 1.29 is 75.8 Å². The van der Waals surface area contributed by atoms with E-state index in [1.165, 1.54) is 109 Å². The Kier molecular flexibility index (Phi) is 69.2. The molecule has 0 aromatic carbocycles. The molecule has 5 atom stereocenters. The highest BCUT2D eigenvalue weighted by Gasteiger charge is 2.29. The number of rotatable bonds is 72. The lowest BCUT2D eigenvalue weighted by Gasteiger charge is -2.21. The summed E-state index contributed by atoms with van der Waals surface area (Å²) in [4.78, 5) is 58.4. The Labute approximate surface area is 590 Å². The summed E-state index contributed by atoms with van der Waals surface area (Å²) in [6.45, 7) is 2.53. The highest BCUT2D eigenvalue weighted by Crippen LogP contribution is 2.45. The Bertz CT molecular complexity index is 2200. The fraction of sp³-hybridized carbons (Fsp3) is 0.734. The molecular formula is C79H138O16P2. The maximum atomic E-state index is 12.9. The molecule has 0 rings (SSSR count). The molecule has 0 spiro atoms. The maximum absolute atomic E-state index is 12.9. The van der Waals surface area contributed by atoms with E-state index in [9.17, 15) is 43.5 Å². The fourth-order valence-corrected chi connectivity index (χ4v) is 11.8. The van der Waals surface area contributed by atoms with Crippen LogP contribution < -0.4 is 0 Å². The number of hydrogen-bond donors (Lipinski definition) is 4. The van der Waals surface area contributed by atoms with Gasteiger partial charge in [0.1, 0.15) is 25.4 Å². The van der Waals surface area contributed by atoms with E-state index in [4.69, 9.17) is 32.3 Å². The van der Waals surface area contributed by atoms with Crippen molar-refractivity contribution >= 4 is 33.6 Å². The largest absolute Gasteiger partial charge is 0.472 e. The molecule has 18 heteroatoms. The Hall–Kier alpha value is -3.79. The zero-order chi connectivity index (χ0) is 70.9. The van der Waals surface area contributed by atoms with E-state index in [2.05, 4.69) is 130 Å². The van der Waals surface area contributed by atoms with E-state index in [0.29, 0.717) is 19.3 Å². The topological polar surface area (TPSA) is 231 Å². The van der Waals surface area contributed by atoms with Crippen LogP contribution >= 0.6 is 15.6 Å². The Balaban J connectivity index is 4.41. The monoisotopic (exact) mass is 1400 g/mol. The van der Waals surface area contributed by atoms with Crippen molar-refractivity contribution in [3.63, 3.8) is 0 Å². The van der Waals surface area contributed by atoms with Gasteiger partial charge in [-0.1, -0.05) is 297 Å². The second-order valence-corrected chi connectivity index (χ2v) is 28.3. The third-order valence-corrected chi connectivity index (χ3v) is 17.9. The average molecular weight is 1410 g/mol. The molecule has 0 heterocycles. The summed E-state index contributed by atoms with van der Waals surface area (Å²) in [7, 11) is -9.78. The first-order valence-corrected chi connectivity index (χ1v) is 41.2. The van der Waals surface area contributed by atoms with E-state index < -0.39 is 91.5 Å². The number of carbonyl (C=O) groups excluding carboxylic acids is 3. The molecule has 0 amide bonds. The lowest BCUT2D eigenvalue weighted by molar-refractivity contribution is -0.161. The number of unbranched alkanes of at least 4 members (excludes halogenated alkanes) is 31. The smallest absolute Gasteiger partial charge is 0.463 e. The maximum Gasteiger partial charge on any atom is 0.472 e. The predicted octanol–water partition coefficient (Wildman–Crippen LogP) is 22.0. The highest BCUT2D eigenvalue weighted by atomic mass is 31.2. The number of hydrogen-bond acceptors (Lipinski definition) is 14. The van der Waals surface area contributed by atoms with Crippen molar-refractivity contribution in [1.29, 1.82) is 0 Å². The molecule has 5 unspecified atom stereocenters. The van der Waals surface area contributed by atoms with Gasteiger partial charge in [-0.25, -0.2) is 9.13 Å². The number of aliphatic hydroxyl groups excluding tert-OH is 2. The standard InChI is InChI=1S/C79H138O16P2/c1-4-7-10-13-16-19-22-24-26-28-30-31-32-33-34-35-36-37-38-39-40-41-43-45-46-48-51-53-56-59-62-65-77(82)89-68-74(80)69-91-96(85,86)92-70-75(81)71-93-97(87,88)94-73-76(95-79(84)67-64-61-58-55-50-21-18-15-12-9-6-3)72-90-78(83)66-63-60-57-54-52-49-47-44-42-29-27-25-23-20-17-14-11-8-5-2/h7,10,16-17,19-20,24-27,30-31,33-34,36-37,42,44,74-76,80-81H,4-6,8-9,11-15,18,21-23,28-29,32,35,38-41,43,45-73H2,1-3H3,(H,85,86)(H,87,88)/b10-7-,19-16-,20-17-,26-24-,27-25-,31-30-,34-33-,37-36-,44-42-. The minimum absolute atomic E-state index is 0.104. The van der Waals surface area contributed by atoms with Crippen LogP contribution in [0.25, 0.3) is 0 Å². The van der Waals surface area contributed by atoms with Crippen LogP contribution in [0.5, 0.6) is 0 Å². The van der Waals surface area contributed by atoms with Crippen molar-refractivity contribution in [3.8, 4) is 0 Å². The highest BCUT2D eigenvalue weighted by molar-refractivity contribution is 7.47. The van der Waals surface area contributed by atoms with Crippen LogP contribution in [0.1, 0.15) is 316 Å². The minimum atomic E-state index is -4.92. The van der Waals surface area contributed by atoms with Gasteiger partial charge in [0.25, 0.3) is 0 Å². The minimum Gasteiger partial charge on any atom is -0.463 e. The van der Waals surface area contributed by atoms with Crippen LogP contribution in [0, 0.1) is 0 Å². The number of carbonyl (C=O) groups is 3. The van der Waals surface area contributed by atoms with E-state index in [-0.39, 0.29) is 19.3 Å². The summed E-state index contributed by atoms with van der Waals surface area (Å²) >= 11 is 0. The fourth-order valence-electron chi connectivity index (χ4n) is 10.2. The second kappa shape index (κ2) is 72.0. The molecule has 0 saturated carbocycles.